The summed E-state index contributed by atoms with van der Waals surface area (Å²) in [6.07, 6.45) is 0. The van der Waals surface area contributed by atoms with Gasteiger partial charge in [0, 0.05) is 10.8 Å². The van der Waals surface area contributed by atoms with Crippen LogP contribution in [0, 0.1) is 0 Å². The molecular weight excluding hydrogens is 395 g/mol. The highest BCUT2D eigenvalue weighted by molar-refractivity contribution is 14.1. The molecule has 0 aliphatic rings. The Hall–Kier alpha value is -2.01. The van der Waals surface area contributed by atoms with Crippen molar-refractivity contribution in [1.82, 2.24) is 9.97 Å². The van der Waals surface area contributed by atoms with Gasteiger partial charge in [-0.1, -0.05) is 71.1 Å². The first-order chi connectivity index (χ1) is 11.2. The molecule has 2 aromatic heterocycles. The van der Waals surface area contributed by atoms with Crippen LogP contribution in [0.3, 0.4) is 0 Å². The van der Waals surface area contributed by atoms with Gasteiger partial charge in [0.2, 0.25) is 0 Å². The van der Waals surface area contributed by atoms with Crippen molar-refractivity contribution < 1.29 is 0 Å². The molecule has 1 atom stereocenters. The molecule has 0 aliphatic carbocycles. The molecule has 23 heavy (non-hydrogen) atoms. The van der Waals surface area contributed by atoms with Gasteiger partial charge >= 0.3 is 0 Å². The van der Waals surface area contributed by atoms with Gasteiger partial charge in [-0.2, -0.15) is 0 Å². The summed E-state index contributed by atoms with van der Waals surface area (Å²) >= 11 is 2.39. The highest BCUT2D eigenvalue weighted by Gasteiger charge is 2.12. The van der Waals surface area contributed by atoms with Crippen molar-refractivity contribution in [2.45, 2.75) is 10.8 Å². The number of alkyl halides is 1. The maximum atomic E-state index is 4.91. The second-order valence-electron chi connectivity index (χ2n) is 5.59. The lowest BCUT2D eigenvalue weighted by molar-refractivity contribution is 1.04. The van der Waals surface area contributed by atoms with Gasteiger partial charge in [-0.25, -0.2) is 4.98 Å². The van der Waals surface area contributed by atoms with Crippen molar-refractivity contribution in [3.05, 3.63) is 72.4 Å². The third-order valence-corrected chi connectivity index (χ3v) is 4.67. The van der Waals surface area contributed by atoms with Crippen molar-refractivity contribution in [1.29, 1.82) is 0 Å². The number of nitrogens with zero attached hydrogens (tertiary/aromatic N) is 2. The summed E-state index contributed by atoms with van der Waals surface area (Å²) in [5, 5.41) is 3.56. The highest BCUT2D eigenvalue weighted by Crippen LogP contribution is 2.32. The van der Waals surface area contributed by atoms with E-state index in [1.54, 1.807) is 0 Å². The van der Waals surface area contributed by atoms with Crippen LogP contribution in [0.4, 0.5) is 0 Å². The largest absolute Gasteiger partial charge is 0.250 e. The van der Waals surface area contributed by atoms with E-state index in [1.807, 2.05) is 12.1 Å². The molecule has 1 unspecified atom stereocenters. The predicted molar refractivity (Wildman–Crippen MR) is 105 cm³/mol. The van der Waals surface area contributed by atoms with E-state index in [9.17, 15) is 0 Å². The van der Waals surface area contributed by atoms with E-state index in [-0.39, 0.29) is 0 Å². The van der Waals surface area contributed by atoms with Gasteiger partial charge in [-0.15, -0.1) is 0 Å². The van der Waals surface area contributed by atoms with Crippen molar-refractivity contribution >= 4 is 44.3 Å². The smallest absolute Gasteiger partial charge is 0.0972 e. The molecule has 0 bridgehead atoms. The third-order valence-electron chi connectivity index (χ3n) is 4.03. The molecule has 0 radical (unpaired) electrons. The van der Waals surface area contributed by atoms with E-state index in [2.05, 4.69) is 84.1 Å². The molecule has 0 amide bonds. The van der Waals surface area contributed by atoms with Crippen LogP contribution in [-0.2, 0) is 0 Å². The summed E-state index contributed by atoms with van der Waals surface area (Å²) in [5.74, 6) is 0. The second-order valence-corrected chi connectivity index (χ2v) is 7.46. The van der Waals surface area contributed by atoms with Gasteiger partial charge in [-0.3, -0.25) is 4.98 Å². The minimum Gasteiger partial charge on any atom is -0.250 e. The van der Waals surface area contributed by atoms with Crippen molar-refractivity contribution in [3.63, 3.8) is 0 Å². The summed E-state index contributed by atoms with van der Waals surface area (Å²) in [5.41, 5.74) is 3.99. The van der Waals surface area contributed by atoms with Gasteiger partial charge < -0.3 is 0 Å². The Kier molecular flexibility index (Phi) is 3.73. The zero-order valence-corrected chi connectivity index (χ0v) is 14.9. The van der Waals surface area contributed by atoms with E-state index in [0.29, 0.717) is 3.92 Å². The molecule has 3 heteroatoms. The number of pyridine rings is 2. The number of rotatable bonds is 2. The van der Waals surface area contributed by atoms with Gasteiger partial charge in [0.05, 0.1) is 26.5 Å². The minimum absolute atomic E-state index is 0.374. The standard InChI is InChI=1S/C20H15IN2/c1-13(21)17-11-6-12-19(22-17)20-16-9-3-2-7-14(16)15-8-4-5-10-18(15)23-20/h2-13H,1H3. The van der Waals surface area contributed by atoms with Gasteiger partial charge in [0.1, 0.15) is 0 Å². The number of fused-ring (bicyclic) bond motifs is 3. The van der Waals surface area contributed by atoms with Crippen molar-refractivity contribution in [3.8, 4) is 11.4 Å². The third kappa shape index (κ3) is 2.59. The Balaban J connectivity index is 2.07. The lowest BCUT2D eigenvalue weighted by atomic mass is 10.0. The van der Waals surface area contributed by atoms with E-state index < -0.39 is 0 Å². The second kappa shape index (κ2) is 5.89. The number of aromatic nitrogens is 2. The number of hydrogen-bond donors (Lipinski definition) is 0. The van der Waals surface area contributed by atoms with E-state index in [4.69, 9.17) is 9.97 Å². The van der Waals surface area contributed by atoms with Crippen molar-refractivity contribution in [2.75, 3.05) is 0 Å². The van der Waals surface area contributed by atoms with Gasteiger partial charge in [-0.05, 0) is 30.5 Å². The van der Waals surface area contributed by atoms with Gasteiger partial charge in [0.25, 0.3) is 0 Å². The molecule has 0 saturated heterocycles. The summed E-state index contributed by atoms with van der Waals surface area (Å²) in [4.78, 5) is 9.74. The van der Waals surface area contributed by atoms with E-state index in [0.717, 1.165) is 28.0 Å². The summed E-state index contributed by atoms with van der Waals surface area (Å²) in [6, 6.07) is 22.9. The first-order valence-electron chi connectivity index (χ1n) is 7.63. The molecule has 0 saturated carbocycles. The van der Waals surface area contributed by atoms with Crippen LogP contribution in [0.1, 0.15) is 16.5 Å². The Morgan fingerprint density at radius 2 is 1.43 bits per heavy atom. The summed E-state index contributed by atoms with van der Waals surface area (Å²) in [7, 11) is 0. The van der Waals surface area contributed by atoms with Gasteiger partial charge in [0.15, 0.2) is 0 Å². The van der Waals surface area contributed by atoms with Crippen LogP contribution in [0.15, 0.2) is 66.7 Å². The molecule has 112 valence electrons. The average molecular weight is 410 g/mol. The zero-order valence-electron chi connectivity index (χ0n) is 12.7. The van der Waals surface area contributed by atoms with Crippen LogP contribution >= 0.6 is 22.6 Å². The Bertz CT molecular complexity index is 1010. The summed E-state index contributed by atoms with van der Waals surface area (Å²) in [6.45, 7) is 2.15. The Labute approximate surface area is 148 Å². The molecule has 2 aromatic carbocycles. The molecule has 0 fully saturated rings. The van der Waals surface area contributed by atoms with Crippen LogP contribution in [0.5, 0.6) is 0 Å². The molecule has 0 spiro atoms. The fourth-order valence-electron chi connectivity index (χ4n) is 2.90. The molecule has 0 N–H and O–H groups in total. The van der Waals surface area contributed by atoms with Crippen LogP contribution in [-0.4, -0.2) is 9.97 Å². The molecule has 2 nitrogen and oxygen atoms in total. The molecule has 2 heterocycles. The average Bonchev–Trinajstić information content (AvgIpc) is 2.61. The van der Waals surface area contributed by atoms with Crippen LogP contribution in [0.2, 0.25) is 0 Å². The number of para-hydroxylation sites is 1. The van der Waals surface area contributed by atoms with E-state index >= 15 is 0 Å². The fraction of sp³-hybridized carbons (Fsp3) is 0.100. The monoisotopic (exact) mass is 410 g/mol. The zero-order chi connectivity index (χ0) is 15.8. The number of hydrogen-bond acceptors (Lipinski definition) is 2. The Morgan fingerprint density at radius 3 is 2.22 bits per heavy atom. The summed E-state index contributed by atoms with van der Waals surface area (Å²) < 4.78 is 0.374. The van der Waals surface area contributed by atoms with E-state index in [1.165, 1.54) is 10.8 Å². The first-order valence-corrected chi connectivity index (χ1v) is 8.87. The van der Waals surface area contributed by atoms with Crippen LogP contribution in [0.25, 0.3) is 33.1 Å². The Morgan fingerprint density at radius 1 is 0.739 bits per heavy atom. The highest BCUT2D eigenvalue weighted by atomic mass is 127. The van der Waals surface area contributed by atoms with Crippen LogP contribution < -0.4 is 0 Å². The topological polar surface area (TPSA) is 25.8 Å². The first kappa shape index (κ1) is 14.6. The maximum Gasteiger partial charge on any atom is 0.0972 e. The SMILES string of the molecule is CC(I)c1cccc(-c2nc3ccccc3c3ccccc23)n1. The maximum absolute atomic E-state index is 4.91. The molecular formula is C20H15IN2. The van der Waals surface area contributed by atoms with Crippen molar-refractivity contribution in [2.24, 2.45) is 0 Å². The number of benzene rings is 2. The molecule has 4 rings (SSSR count). The number of halogens is 1. The normalized spacial score (nSPS) is 12.6. The minimum atomic E-state index is 0.374. The fourth-order valence-corrected chi connectivity index (χ4v) is 3.25. The lowest BCUT2D eigenvalue weighted by Crippen LogP contribution is -1.95. The lowest BCUT2D eigenvalue weighted by Gasteiger charge is -2.11. The molecule has 0 aliphatic heterocycles. The molecule has 4 aromatic rings. The quantitative estimate of drug-likeness (QED) is 0.232. The predicted octanol–water partition coefficient (Wildman–Crippen LogP) is 5.95.